The highest BCUT2D eigenvalue weighted by Crippen LogP contribution is 2.21. The van der Waals surface area contributed by atoms with Gasteiger partial charge in [0.15, 0.2) is 5.78 Å². The highest BCUT2D eigenvalue weighted by atomic mass is 35.5. The molecule has 1 N–H and O–H groups in total. The van der Waals surface area contributed by atoms with Crippen LogP contribution in [0.25, 0.3) is 0 Å². The lowest BCUT2D eigenvalue weighted by Gasteiger charge is -2.10. The molecule has 0 bridgehead atoms. The third-order valence-electron chi connectivity index (χ3n) is 3.22. The lowest BCUT2D eigenvalue weighted by atomic mass is 9.97. The Balaban J connectivity index is 2.07. The minimum Gasteiger partial charge on any atom is -0.368 e. The number of nitrogens with zero attached hydrogens (tertiary/aromatic N) is 1. The fraction of sp³-hybridized carbons (Fsp3) is 0.125. The Labute approximate surface area is 122 Å². The number of rotatable bonds is 3. The Morgan fingerprint density at radius 2 is 1.75 bits per heavy atom. The summed E-state index contributed by atoms with van der Waals surface area (Å²) >= 11 is 6.11. The predicted octanol–water partition coefficient (Wildman–Crippen LogP) is 2.92. The zero-order valence-corrected chi connectivity index (χ0v) is 11.5. The van der Waals surface area contributed by atoms with Crippen LogP contribution in [-0.2, 0) is 0 Å². The van der Waals surface area contributed by atoms with Gasteiger partial charge in [-0.2, -0.15) is 0 Å². The first-order chi connectivity index (χ1) is 9.77. The van der Waals surface area contributed by atoms with E-state index >= 15 is 0 Å². The second kappa shape index (κ2) is 5.47. The summed E-state index contributed by atoms with van der Waals surface area (Å²) < 4.78 is 0. The Kier molecular flexibility index (Phi) is 3.52. The van der Waals surface area contributed by atoms with Crippen molar-refractivity contribution in [3.63, 3.8) is 0 Å². The summed E-state index contributed by atoms with van der Waals surface area (Å²) in [6, 6.07) is 14.6. The molecule has 0 amide bonds. The standard InChI is InChI=1S/C16H13ClN2O/c17-14-8-4-3-7-13(14)15(20)11-5-1-2-6-12(11)16-18-9-10-19-16/h1-8H,9-10H2,(H,18,19). The number of hydrogen-bond donors (Lipinski definition) is 1. The van der Waals surface area contributed by atoms with Crippen molar-refractivity contribution in [2.24, 2.45) is 4.99 Å². The van der Waals surface area contributed by atoms with Crippen LogP contribution in [0.3, 0.4) is 0 Å². The van der Waals surface area contributed by atoms with Gasteiger partial charge in [-0.05, 0) is 12.1 Å². The van der Waals surface area contributed by atoms with Crippen molar-refractivity contribution in [3.05, 3.63) is 70.2 Å². The number of carbonyl (C=O) groups excluding carboxylic acids is 1. The highest BCUT2D eigenvalue weighted by Gasteiger charge is 2.19. The monoisotopic (exact) mass is 284 g/mol. The molecule has 0 radical (unpaired) electrons. The van der Waals surface area contributed by atoms with Crippen molar-refractivity contribution in [1.29, 1.82) is 0 Å². The quantitative estimate of drug-likeness (QED) is 0.881. The van der Waals surface area contributed by atoms with Crippen LogP contribution in [0.4, 0.5) is 0 Å². The van der Waals surface area contributed by atoms with Crippen molar-refractivity contribution >= 4 is 23.2 Å². The van der Waals surface area contributed by atoms with Gasteiger partial charge in [-0.1, -0.05) is 48.0 Å². The lowest BCUT2D eigenvalue weighted by Crippen LogP contribution is -2.22. The molecule has 0 saturated carbocycles. The molecule has 1 heterocycles. The number of ketones is 1. The zero-order valence-electron chi connectivity index (χ0n) is 10.8. The third kappa shape index (κ3) is 2.32. The van der Waals surface area contributed by atoms with Crippen molar-refractivity contribution in [2.45, 2.75) is 0 Å². The average Bonchev–Trinajstić information content (AvgIpc) is 3.01. The molecule has 0 saturated heterocycles. The van der Waals surface area contributed by atoms with Gasteiger partial charge in [0, 0.05) is 23.2 Å². The summed E-state index contributed by atoms with van der Waals surface area (Å²) in [7, 11) is 0. The number of benzene rings is 2. The van der Waals surface area contributed by atoms with Crippen molar-refractivity contribution in [2.75, 3.05) is 13.1 Å². The molecule has 0 atom stereocenters. The van der Waals surface area contributed by atoms with E-state index in [1.807, 2.05) is 36.4 Å². The molecule has 3 nitrogen and oxygen atoms in total. The van der Waals surface area contributed by atoms with Crippen LogP contribution in [0.1, 0.15) is 21.5 Å². The summed E-state index contributed by atoms with van der Waals surface area (Å²) in [5.74, 6) is 0.698. The summed E-state index contributed by atoms with van der Waals surface area (Å²) in [4.78, 5) is 17.1. The lowest BCUT2D eigenvalue weighted by molar-refractivity contribution is 0.103. The third-order valence-corrected chi connectivity index (χ3v) is 3.55. The molecule has 2 aromatic carbocycles. The second-order valence-corrected chi connectivity index (χ2v) is 4.92. The largest absolute Gasteiger partial charge is 0.368 e. The normalized spacial score (nSPS) is 13.8. The van der Waals surface area contributed by atoms with Gasteiger partial charge in [0.1, 0.15) is 5.84 Å². The van der Waals surface area contributed by atoms with Gasteiger partial charge in [-0.15, -0.1) is 0 Å². The molecule has 2 aromatic rings. The number of halogens is 1. The van der Waals surface area contributed by atoms with E-state index in [4.69, 9.17) is 11.6 Å². The molecule has 1 aliphatic rings. The number of nitrogens with one attached hydrogen (secondary N) is 1. The maximum atomic E-state index is 12.7. The number of amidine groups is 1. The zero-order chi connectivity index (χ0) is 13.9. The molecule has 0 unspecified atom stereocenters. The minimum absolute atomic E-state index is 0.0809. The van der Waals surface area contributed by atoms with Gasteiger partial charge in [0.25, 0.3) is 0 Å². The van der Waals surface area contributed by atoms with Gasteiger partial charge < -0.3 is 5.32 Å². The van der Waals surface area contributed by atoms with E-state index in [0.29, 0.717) is 16.1 Å². The van der Waals surface area contributed by atoms with Gasteiger partial charge in [-0.25, -0.2) is 0 Å². The first-order valence-corrected chi connectivity index (χ1v) is 6.82. The van der Waals surface area contributed by atoms with Crippen LogP contribution >= 0.6 is 11.6 Å². The maximum Gasteiger partial charge on any atom is 0.195 e. The van der Waals surface area contributed by atoms with E-state index < -0.39 is 0 Å². The number of hydrogen-bond acceptors (Lipinski definition) is 3. The van der Waals surface area contributed by atoms with E-state index in [0.717, 1.165) is 24.5 Å². The Morgan fingerprint density at radius 1 is 1.05 bits per heavy atom. The Bertz CT molecular complexity index is 694. The topological polar surface area (TPSA) is 41.5 Å². The smallest absolute Gasteiger partial charge is 0.195 e. The first kappa shape index (κ1) is 12.9. The van der Waals surface area contributed by atoms with Gasteiger partial charge in [0.2, 0.25) is 0 Å². The van der Waals surface area contributed by atoms with Crippen molar-refractivity contribution in [1.82, 2.24) is 5.32 Å². The van der Waals surface area contributed by atoms with Crippen LogP contribution in [0.15, 0.2) is 53.5 Å². The van der Waals surface area contributed by atoms with Gasteiger partial charge in [0.05, 0.1) is 11.6 Å². The van der Waals surface area contributed by atoms with E-state index in [9.17, 15) is 4.79 Å². The summed E-state index contributed by atoms with van der Waals surface area (Å²) in [5, 5.41) is 3.67. The number of aliphatic imine (C=N–C) groups is 1. The van der Waals surface area contributed by atoms with E-state index in [-0.39, 0.29) is 5.78 Å². The molecule has 0 aliphatic carbocycles. The van der Waals surface area contributed by atoms with E-state index in [1.165, 1.54) is 0 Å². The predicted molar refractivity (Wildman–Crippen MR) is 80.7 cm³/mol. The highest BCUT2D eigenvalue weighted by molar-refractivity contribution is 6.35. The minimum atomic E-state index is -0.0809. The van der Waals surface area contributed by atoms with E-state index in [1.54, 1.807) is 12.1 Å². The van der Waals surface area contributed by atoms with Gasteiger partial charge >= 0.3 is 0 Å². The average molecular weight is 285 g/mol. The number of carbonyl (C=O) groups is 1. The second-order valence-electron chi connectivity index (χ2n) is 4.51. The van der Waals surface area contributed by atoms with Crippen LogP contribution < -0.4 is 5.32 Å². The molecule has 100 valence electrons. The van der Waals surface area contributed by atoms with E-state index in [2.05, 4.69) is 10.3 Å². The molecule has 0 fully saturated rings. The fourth-order valence-electron chi connectivity index (χ4n) is 2.26. The molecule has 20 heavy (non-hydrogen) atoms. The molecule has 3 rings (SSSR count). The van der Waals surface area contributed by atoms with Crippen LogP contribution in [-0.4, -0.2) is 24.7 Å². The first-order valence-electron chi connectivity index (χ1n) is 6.44. The van der Waals surface area contributed by atoms with Crippen LogP contribution in [0.5, 0.6) is 0 Å². The summed E-state index contributed by atoms with van der Waals surface area (Å²) in [6.07, 6.45) is 0. The maximum absolute atomic E-state index is 12.7. The summed E-state index contributed by atoms with van der Waals surface area (Å²) in [5.41, 5.74) is 1.96. The van der Waals surface area contributed by atoms with Crippen molar-refractivity contribution in [3.8, 4) is 0 Å². The summed E-state index contributed by atoms with van der Waals surface area (Å²) in [6.45, 7) is 1.55. The van der Waals surface area contributed by atoms with Crippen LogP contribution in [0, 0.1) is 0 Å². The molecule has 0 aromatic heterocycles. The van der Waals surface area contributed by atoms with Crippen molar-refractivity contribution < 1.29 is 4.79 Å². The SMILES string of the molecule is O=C(c1ccccc1Cl)c1ccccc1C1=NCCN1. The Morgan fingerprint density at radius 3 is 2.45 bits per heavy atom. The fourth-order valence-corrected chi connectivity index (χ4v) is 2.48. The molecule has 1 aliphatic heterocycles. The Hall–Kier alpha value is -2.13. The molecular formula is C16H13ClN2O. The molecular weight excluding hydrogens is 272 g/mol. The van der Waals surface area contributed by atoms with Gasteiger partial charge in [-0.3, -0.25) is 9.79 Å². The molecule has 4 heteroatoms. The van der Waals surface area contributed by atoms with Crippen LogP contribution in [0.2, 0.25) is 5.02 Å². The molecule has 0 spiro atoms.